The van der Waals surface area contributed by atoms with Crippen LogP contribution in [-0.2, 0) is 30.7 Å². The maximum atomic E-state index is 12.5. The molecule has 3 heterocycles. The van der Waals surface area contributed by atoms with Crippen molar-refractivity contribution >= 4 is 10.0 Å². The van der Waals surface area contributed by atoms with E-state index in [1.54, 1.807) is 34.9 Å². The van der Waals surface area contributed by atoms with Crippen LogP contribution in [0.25, 0.3) is 11.1 Å². The fraction of sp³-hybridized carbons (Fsp3) is 0.353. The van der Waals surface area contributed by atoms with Crippen LogP contribution in [-0.4, -0.2) is 32.7 Å². The highest BCUT2D eigenvalue weighted by atomic mass is 32.2. The van der Waals surface area contributed by atoms with E-state index in [-0.39, 0.29) is 17.5 Å². The second-order valence-corrected chi connectivity index (χ2v) is 8.23. The van der Waals surface area contributed by atoms with Gasteiger partial charge in [0.15, 0.2) is 5.03 Å². The van der Waals surface area contributed by atoms with Crippen molar-refractivity contribution in [3.63, 3.8) is 0 Å². The predicted molar refractivity (Wildman–Crippen MR) is 97.8 cm³/mol. The smallest absolute Gasteiger partial charge is 0.259 e. The van der Waals surface area contributed by atoms with Gasteiger partial charge in [-0.25, -0.2) is 18.1 Å². The number of hydrogen-bond acceptors (Lipinski definition) is 5. The Morgan fingerprint density at radius 2 is 1.88 bits per heavy atom. The number of nitrogens with one attached hydrogen (secondary N) is 1. The predicted octanol–water partition coefficient (Wildman–Crippen LogP) is 1.82. The molecular weight excluding hydrogens is 352 g/mol. The maximum Gasteiger partial charge on any atom is 0.259 e. The van der Waals surface area contributed by atoms with Crippen molar-refractivity contribution in [1.82, 2.24) is 29.0 Å². The van der Waals surface area contributed by atoms with E-state index < -0.39 is 10.0 Å². The molecule has 26 heavy (non-hydrogen) atoms. The van der Waals surface area contributed by atoms with Gasteiger partial charge in [-0.1, -0.05) is 13.8 Å². The van der Waals surface area contributed by atoms with Crippen molar-refractivity contribution in [2.75, 3.05) is 0 Å². The zero-order valence-corrected chi connectivity index (χ0v) is 16.0. The average molecular weight is 374 g/mol. The Labute approximate surface area is 153 Å². The first-order valence-electron chi connectivity index (χ1n) is 8.22. The molecule has 0 saturated heterocycles. The fourth-order valence-corrected chi connectivity index (χ4v) is 3.70. The lowest BCUT2D eigenvalue weighted by atomic mass is 10.1. The van der Waals surface area contributed by atoms with Gasteiger partial charge in [-0.05, 0) is 11.6 Å². The lowest BCUT2D eigenvalue weighted by molar-refractivity contribution is 0.577. The summed E-state index contributed by atoms with van der Waals surface area (Å²) in [5, 5.41) is 4.17. The number of sulfonamides is 1. The lowest BCUT2D eigenvalue weighted by Crippen LogP contribution is -2.23. The second-order valence-electron chi connectivity index (χ2n) is 6.51. The quantitative estimate of drug-likeness (QED) is 0.710. The zero-order chi connectivity index (χ0) is 18.9. The van der Waals surface area contributed by atoms with Gasteiger partial charge >= 0.3 is 0 Å². The van der Waals surface area contributed by atoms with Gasteiger partial charge in [0.25, 0.3) is 10.0 Å². The Kier molecular flexibility index (Phi) is 4.92. The van der Waals surface area contributed by atoms with Crippen LogP contribution in [0.1, 0.15) is 31.2 Å². The Morgan fingerprint density at radius 1 is 1.12 bits per heavy atom. The van der Waals surface area contributed by atoms with Gasteiger partial charge in [-0.15, -0.1) is 0 Å². The Morgan fingerprint density at radius 3 is 2.50 bits per heavy atom. The highest BCUT2D eigenvalue weighted by Gasteiger charge is 2.20. The first kappa shape index (κ1) is 18.3. The number of pyridine rings is 1. The summed E-state index contributed by atoms with van der Waals surface area (Å²) in [4.78, 5) is 8.44. The van der Waals surface area contributed by atoms with Crippen molar-refractivity contribution in [3.05, 3.63) is 48.4 Å². The Balaban J connectivity index is 1.77. The van der Waals surface area contributed by atoms with Crippen LogP contribution in [0.2, 0.25) is 0 Å². The molecule has 138 valence electrons. The van der Waals surface area contributed by atoms with Gasteiger partial charge in [-0.2, -0.15) is 5.10 Å². The van der Waals surface area contributed by atoms with E-state index in [4.69, 9.17) is 0 Å². The molecule has 0 fully saturated rings. The van der Waals surface area contributed by atoms with Crippen LogP contribution in [0.3, 0.4) is 0 Å². The zero-order valence-electron chi connectivity index (χ0n) is 15.2. The molecular formula is C17H22N6O2S. The number of imidazole rings is 1. The largest absolute Gasteiger partial charge is 0.336 e. The van der Waals surface area contributed by atoms with Gasteiger partial charge in [0.2, 0.25) is 0 Å². The van der Waals surface area contributed by atoms with E-state index in [1.807, 2.05) is 33.2 Å². The fourth-order valence-electron chi connectivity index (χ4n) is 2.68. The van der Waals surface area contributed by atoms with Crippen molar-refractivity contribution in [2.24, 2.45) is 14.1 Å². The molecule has 0 aliphatic rings. The monoisotopic (exact) mass is 374 g/mol. The third-order valence-corrected chi connectivity index (χ3v) is 5.25. The summed E-state index contributed by atoms with van der Waals surface area (Å²) in [6.45, 7) is 4.08. The minimum absolute atomic E-state index is 0.0278. The van der Waals surface area contributed by atoms with E-state index >= 15 is 0 Å². The molecule has 0 aliphatic carbocycles. The summed E-state index contributed by atoms with van der Waals surface area (Å²) >= 11 is 0. The maximum absolute atomic E-state index is 12.5. The van der Waals surface area contributed by atoms with Crippen LogP contribution in [0, 0.1) is 0 Å². The molecule has 8 nitrogen and oxygen atoms in total. The van der Waals surface area contributed by atoms with Crippen molar-refractivity contribution < 1.29 is 8.42 Å². The van der Waals surface area contributed by atoms with Gasteiger partial charge < -0.3 is 4.57 Å². The minimum Gasteiger partial charge on any atom is -0.336 e. The third kappa shape index (κ3) is 3.83. The van der Waals surface area contributed by atoms with Crippen molar-refractivity contribution in [2.45, 2.75) is 31.3 Å². The highest BCUT2D eigenvalue weighted by Crippen LogP contribution is 2.19. The molecule has 0 atom stereocenters. The third-order valence-electron chi connectivity index (χ3n) is 3.98. The van der Waals surface area contributed by atoms with Crippen molar-refractivity contribution in [3.8, 4) is 11.1 Å². The molecule has 0 unspecified atom stereocenters. The van der Waals surface area contributed by atoms with E-state index in [9.17, 15) is 8.42 Å². The van der Waals surface area contributed by atoms with E-state index in [2.05, 4.69) is 19.8 Å². The SMILES string of the molecule is CC(C)c1nc(S(=O)(=O)NCc2cncc(-c3cnn(C)c3)c2)cn1C. The van der Waals surface area contributed by atoms with E-state index in [1.165, 1.54) is 6.20 Å². The summed E-state index contributed by atoms with van der Waals surface area (Å²) in [5.74, 6) is 0.870. The number of aryl methyl sites for hydroxylation is 2. The number of rotatable bonds is 6. The molecule has 0 aromatic carbocycles. The molecule has 3 aromatic rings. The summed E-state index contributed by atoms with van der Waals surface area (Å²) < 4.78 is 31.1. The molecule has 0 amide bonds. The van der Waals surface area contributed by atoms with Crippen molar-refractivity contribution in [1.29, 1.82) is 0 Å². The van der Waals surface area contributed by atoms with Gasteiger partial charge in [-0.3, -0.25) is 9.67 Å². The average Bonchev–Trinajstić information content (AvgIpc) is 3.20. The standard InChI is InChI=1S/C17H22N6O2S/c1-12(2)17-21-16(11-22(17)3)26(24,25)20-7-13-5-14(8-18-6-13)15-9-19-23(4)10-15/h5-6,8-12,20H,7H2,1-4H3. The second kappa shape index (κ2) is 7.00. The number of hydrogen-bond donors (Lipinski definition) is 1. The van der Waals surface area contributed by atoms with Crippen LogP contribution in [0.5, 0.6) is 0 Å². The first-order valence-corrected chi connectivity index (χ1v) is 9.70. The van der Waals surface area contributed by atoms with Gasteiger partial charge in [0, 0.05) is 62.5 Å². The van der Waals surface area contributed by atoms with E-state index in [0.717, 1.165) is 22.5 Å². The minimum atomic E-state index is -3.69. The van der Waals surface area contributed by atoms with Gasteiger partial charge in [0.05, 0.1) is 6.20 Å². The molecule has 0 aliphatic heterocycles. The number of aromatic nitrogens is 5. The Hall–Kier alpha value is -2.52. The van der Waals surface area contributed by atoms with Crippen LogP contribution in [0.4, 0.5) is 0 Å². The van der Waals surface area contributed by atoms with Crippen LogP contribution >= 0.6 is 0 Å². The highest BCUT2D eigenvalue weighted by molar-refractivity contribution is 7.89. The molecule has 9 heteroatoms. The molecule has 0 bridgehead atoms. The van der Waals surface area contributed by atoms with Crippen LogP contribution in [0.15, 0.2) is 42.1 Å². The summed E-state index contributed by atoms with van der Waals surface area (Å²) in [7, 11) is -0.0585. The molecule has 3 aromatic heterocycles. The Bertz CT molecular complexity index is 1020. The van der Waals surface area contributed by atoms with Crippen LogP contribution < -0.4 is 4.72 Å². The summed E-state index contributed by atoms with van der Waals surface area (Å²) in [6.07, 6.45) is 8.52. The number of nitrogens with zero attached hydrogens (tertiary/aromatic N) is 5. The van der Waals surface area contributed by atoms with Gasteiger partial charge in [0.1, 0.15) is 5.82 Å². The molecule has 1 N–H and O–H groups in total. The summed E-state index contributed by atoms with van der Waals surface area (Å²) in [5.41, 5.74) is 2.57. The molecule has 0 spiro atoms. The molecule has 3 rings (SSSR count). The summed E-state index contributed by atoms with van der Waals surface area (Å²) in [6, 6.07) is 1.89. The first-order chi connectivity index (χ1) is 12.3. The van der Waals surface area contributed by atoms with E-state index in [0.29, 0.717) is 0 Å². The topological polar surface area (TPSA) is 94.7 Å². The molecule has 0 radical (unpaired) electrons. The molecule has 0 saturated carbocycles. The normalized spacial score (nSPS) is 12.0. The lowest BCUT2D eigenvalue weighted by Gasteiger charge is -2.06.